The standard InChI is InChI=1S/C22H26F2N2O3/c1-26(17-8-11-28-12-9-17)10-13-29-18-5-2-4-16(14-18)15-25-22(27)19-6-3-7-20(23)21(19)24/h2-7,14,17H,8-13,15H2,1H3,(H,25,27). The maximum atomic E-state index is 13.7. The number of carbonyl (C=O) groups excluding carboxylic acids is 1. The Morgan fingerprint density at radius 2 is 1.97 bits per heavy atom. The maximum Gasteiger partial charge on any atom is 0.254 e. The van der Waals surface area contributed by atoms with Gasteiger partial charge >= 0.3 is 0 Å². The van der Waals surface area contributed by atoms with E-state index in [0.29, 0.717) is 18.4 Å². The molecule has 29 heavy (non-hydrogen) atoms. The molecule has 0 aromatic heterocycles. The van der Waals surface area contributed by atoms with E-state index in [0.717, 1.165) is 44.2 Å². The molecule has 1 aliphatic rings. The minimum atomic E-state index is -1.14. The first-order valence-corrected chi connectivity index (χ1v) is 9.76. The van der Waals surface area contributed by atoms with E-state index in [4.69, 9.17) is 9.47 Å². The van der Waals surface area contributed by atoms with Gasteiger partial charge in [-0.3, -0.25) is 9.69 Å². The summed E-state index contributed by atoms with van der Waals surface area (Å²) in [6.07, 6.45) is 2.08. The molecule has 3 rings (SSSR count). The molecule has 2 aromatic rings. The number of nitrogens with one attached hydrogen (secondary N) is 1. The summed E-state index contributed by atoms with van der Waals surface area (Å²) >= 11 is 0. The summed E-state index contributed by atoms with van der Waals surface area (Å²) in [6, 6.07) is 11.4. The van der Waals surface area contributed by atoms with Crippen molar-refractivity contribution in [1.29, 1.82) is 0 Å². The third kappa shape index (κ3) is 5.98. The Kier molecular flexibility index (Phi) is 7.55. The molecule has 0 unspecified atom stereocenters. The van der Waals surface area contributed by atoms with E-state index in [2.05, 4.69) is 17.3 Å². The lowest BCUT2D eigenvalue weighted by Gasteiger charge is -2.31. The molecule has 0 atom stereocenters. The molecule has 1 N–H and O–H groups in total. The smallest absolute Gasteiger partial charge is 0.254 e. The fourth-order valence-corrected chi connectivity index (χ4v) is 3.32. The van der Waals surface area contributed by atoms with Crippen LogP contribution in [0.15, 0.2) is 42.5 Å². The van der Waals surface area contributed by atoms with Gasteiger partial charge in [-0.2, -0.15) is 0 Å². The summed E-state index contributed by atoms with van der Waals surface area (Å²) in [5.41, 5.74) is 0.499. The molecule has 5 nitrogen and oxygen atoms in total. The number of halogens is 2. The van der Waals surface area contributed by atoms with Crippen molar-refractivity contribution < 1.29 is 23.0 Å². The van der Waals surface area contributed by atoms with Crippen LogP contribution in [0.25, 0.3) is 0 Å². The van der Waals surface area contributed by atoms with Crippen LogP contribution in [0, 0.1) is 11.6 Å². The van der Waals surface area contributed by atoms with Crippen molar-refractivity contribution in [2.75, 3.05) is 33.4 Å². The van der Waals surface area contributed by atoms with Crippen molar-refractivity contribution in [2.24, 2.45) is 0 Å². The third-order valence-electron chi connectivity index (χ3n) is 5.07. The molecule has 1 saturated heterocycles. The van der Waals surface area contributed by atoms with Crippen LogP contribution in [-0.2, 0) is 11.3 Å². The minimum Gasteiger partial charge on any atom is -0.492 e. The van der Waals surface area contributed by atoms with Gasteiger partial charge in [0.05, 0.1) is 5.56 Å². The summed E-state index contributed by atoms with van der Waals surface area (Å²) in [5, 5.41) is 2.61. The molecule has 0 bridgehead atoms. The number of hydrogen-bond donors (Lipinski definition) is 1. The van der Waals surface area contributed by atoms with Crippen LogP contribution in [-0.4, -0.2) is 50.3 Å². The zero-order valence-corrected chi connectivity index (χ0v) is 16.5. The van der Waals surface area contributed by atoms with E-state index in [-0.39, 0.29) is 12.1 Å². The lowest BCUT2D eigenvalue weighted by molar-refractivity contribution is 0.0392. The maximum absolute atomic E-state index is 13.7. The van der Waals surface area contributed by atoms with Gasteiger partial charge in [-0.05, 0) is 49.7 Å². The quantitative estimate of drug-likeness (QED) is 0.733. The van der Waals surface area contributed by atoms with E-state index < -0.39 is 17.5 Å². The van der Waals surface area contributed by atoms with Crippen LogP contribution in [0.1, 0.15) is 28.8 Å². The highest BCUT2D eigenvalue weighted by Gasteiger charge is 2.18. The number of carbonyl (C=O) groups is 1. The predicted molar refractivity (Wildman–Crippen MR) is 106 cm³/mol. The van der Waals surface area contributed by atoms with E-state index in [1.54, 1.807) is 0 Å². The van der Waals surface area contributed by atoms with E-state index in [9.17, 15) is 13.6 Å². The number of benzene rings is 2. The number of nitrogens with zero attached hydrogens (tertiary/aromatic N) is 1. The molecule has 1 aliphatic heterocycles. The fraction of sp³-hybridized carbons (Fsp3) is 0.409. The number of rotatable bonds is 8. The number of amides is 1. The highest BCUT2D eigenvalue weighted by Crippen LogP contribution is 2.16. The predicted octanol–water partition coefficient (Wildman–Crippen LogP) is 3.38. The molecule has 1 amide bonds. The number of likely N-dealkylation sites (N-methyl/N-ethyl adjacent to an activating group) is 1. The zero-order valence-electron chi connectivity index (χ0n) is 16.5. The Bertz CT molecular complexity index is 825. The fourth-order valence-electron chi connectivity index (χ4n) is 3.32. The van der Waals surface area contributed by atoms with Crippen LogP contribution in [0.2, 0.25) is 0 Å². The third-order valence-corrected chi connectivity index (χ3v) is 5.07. The second-order valence-electron chi connectivity index (χ2n) is 7.10. The lowest BCUT2D eigenvalue weighted by atomic mass is 10.1. The first-order valence-electron chi connectivity index (χ1n) is 9.76. The molecular formula is C22H26F2N2O3. The number of ether oxygens (including phenoxy) is 2. The summed E-state index contributed by atoms with van der Waals surface area (Å²) in [5.74, 6) is -2.14. The Morgan fingerprint density at radius 3 is 2.76 bits per heavy atom. The molecule has 0 radical (unpaired) electrons. The largest absolute Gasteiger partial charge is 0.492 e. The van der Waals surface area contributed by atoms with E-state index in [1.165, 1.54) is 12.1 Å². The highest BCUT2D eigenvalue weighted by molar-refractivity contribution is 5.94. The first kappa shape index (κ1) is 21.2. The molecule has 1 heterocycles. The van der Waals surface area contributed by atoms with Crippen molar-refractivity contribution in [3.63, 3.8) is 0 Å². The van der Waals surface area contributed by atoms with Crippen LogP contribution >= 0.6 is 0 Å². The average Bonchev–Trinajstić information content (AvgIpc) is 2.75. The van der Waals surface area contributed by atoms with E-state index >= 15 is 0 Å². The van der Waals surface area contributed by atoms with Crippen LogP contribution < -0.4 is 10.1 Å². The van der Waals surface area contributed by atoms with Gasteiger partial charge in [0.1, 0.15) is 12.4 Å². The molecule has 0 aliphatic carbocycles. The SMILES string of the molecule is CN(CCOc1cccc(CNC(=O)c2cccc(F)c2F)c1)C1CCOCC1. The molecule has 1 fully saturated rings. The van der Waals surface area contributed by atoms with Crippen molar-refractivity contribution in [3.05, 3.63) is 65.2 Å². The monoisotopic (exact) mass is 404 g/mol. The molecule has 2 aromatic carbocycles. The van der Waals surface area contributed by atoms with Crippen LogP contribution in [0.3, 0.4) is 0 Å². The molecule has 0 saturated carbocycles. The normalized spacial score (nSPS) is 14.8. The average molecular weight is 404 g/mol. The summed E-state index contributed by atoms with van der Waals surface area (Å²) in [4.78, 5) is 14.4. The lowest BCUT2D eigenvalue weighted by Crippen LogP contribution is -2.38. The Balaban J connectivity index is 1.47. The molecule has 0 spiro atoms. The molecular weight excluding hydrogens is 378 g/mol. The van der Waals surface area contributed by atoms with Crippen LogP contribution in [0.5, 0.6) is 5.75 Å². The van der Waals surface area contributed by atoms with Gasteiger partial charge < -0.3 is 14.8 Å². The van der Waals surface area contributed by atoms with Gasteiger partial charge in [-0.25, -0.2) is 8.78 Å². The van der Waals surface area contributed by atoms with Gasteiger partial charge in [-0.15, -0.1) is 0 Å². The topological polar surface area (TPSA) is 50.8 Å². The first-order chi connectivity index (χ1) is 14.0. The van der Waals surface area contributed by atoms with Crippen LogP contribution in [0.4, 0.5) is 8.78 Å². The Hall–Kier alpha value is -2.51. The van der Waals surface area contributed by atoms with Crippen molar-refractivity contribution >= 4 is 5.91 Å². The van der Waals surface area contributed by atoms with Gasteiger partial charge in [0, 0.05) is 32.3 Å². The second kappa shape index (κ2) is 10.3. The summed E-state index contributed by atoms with van der Waals surface area (Å²) in [6.45, 7) is 3.17. The Morgan fingerprint density at radius 1 is 1.21 bits per heavy atom. The van der Waals surface area contributed by atoms with Gasteiger partial charge in [-0.1, -0.05) is 18.2 Å². The zero-order chi connectivity index (χ0) is 20.6. The van der Waals surface area contributed by atoms with Crippen molar-refractivity contribution in [1.82, 2.24) is 10.2 Å². The van der Waals surface area contributed by atoms with E-state index in [1.807, 2.05) is 24.3 Å². The highest BCUT2D eigenvalue weighted by atomic mass is 19.2. The second-order valence-corrected chi connectivity index (χ2v) is 7.10. The van der Waals surface area contributed by atoms with Crippen molar-refractivity contribution in [3.8, 4) is 5.75 Å². The van der Waals surface area contributed by atoms with Crippen molar-refractivity contribution in [2.45, 2.75) is 25.4 Å². The summed E-state index contributed by atoms with van der Waals surface area (Å²) in [7, 11) is 2.09. The number of hydrogen-bond acceptors (Lipinski definition) is 4. The molecule has 156 valence electrons. The molecule has 7 heteroatoms. The van der Waals surface area contributed by atoms with Gasteiger partial charge in [0.25, 0.3) is 5.91 Å². The summed E-state index contributed by atoms with van der Waals surface area (Å²) < 4.78 is 38.2. The van der Waals surface area contributed by atoms with Gasteiger partial charge in [0.2, 0.25) is 0 Å². The van der Waals surface area contributed by atoms with Gasteiger partial charge in [0.15, 0.2) is 11.6 Å². The Labute approximate surface area is 169 Å². The minimum absolute atomic E-state index is 0.188.